The Hall–Kier alpha value is 0.740. The van der Waals surface area contributed by atoms with Crippen molar-refractivity contribution in [1.82, 2.24) is 0 Å². The van der Waals surface area contributed by atoms with Crippen molar-refractivity contribution in [1.29, 1.82) is 0 Å². The number of hydrogen-bond donors (Lipinski definition) is 3. The Morgan fingerprint density at radius 3 is 1.33 bits per heavy atom. The van der Waals surface area contributed by atoms with Crippen LogP contribution in [-0.2, 0) is 20.2 Å². The summed E-state index contributed by atoms with van der Waals surface area (Å²) < 4.78 is 51.8. The Kier molecular flexibility index (Phi) is 4.89. The van der Waals surface area contributed by atoms with E-state index in [4.69, 9.17) is 14.8 Å². The van der Waals surface area contributed by atoms with E-state index in [1.165, 1.54) is 0 Å². The van der Waals surface area contributed by atoms with E-state index in [9.17, 15) is 21.4 Å². The third-order valence-electron chi connectivity index (χ3n) is 0.662. The van der Waals surface area contributed by atoms with Gasteiger partial charge in [0.05, 0.1) is 0 Å². The average molecular weight is 230 g/mol. The van der Waals surface area contributed by atoms with E-state index in [-0.39, 0.29) is 29.6 Å². The molecule has 0 heterocycles. The van der Waals surface area contributed by atoms with Crippen LogP contribution in [0, 0.1) is 0 Å². The van der Waals surface area contributed by atoms with Crippen LogP contribution in [0.3, 0.4) is 0 Å². The average Bonchev–Trinajstić information content (AvgIpc) is 1.58. The summed E-state index contributed by atoms with van der Waals surface area (Å²) in [6.07, 6.45) is 0. The fourth-order valence-corrected chi connectivity index (χ4v) is 1.16. The first-order chi connectivity index (χ1) is 4.50. The molecule has 0 fully saturated rings. The quantitative estimate of drug-likeness (QED) is 0.241. The van der Waals surface area contributed by atoms with Crippen LogP contribution in [0.2, 0.25) is 0 Å². The van der Waals surface area contributed by atoms with E-state index in [1.807, 2.05) is 0 Å². The molecule has 0 bridgehead atoms. The minimum Gasteiger partial charge on any atom is -0.743 e. The summed E-state index contributed by atoms with van der Waals surface area (Å²) in [4.78, 5) is 0. The molecule has 0 aromatic heterocycles. The third kappa shape index (κ3) is 2.90. The zero-order valence-electron chi connectivity index (χ0n) is 5.70. The number of aliphatic hydroxyl groups is 2. The van der Waals surface area contributed by atoms with E-state index >= 15 is 0 Å². The van der Waals surface area contributed by atoms with Crippen molar-refractivity contribution in [2.45, 2.75) is 4.45 Å². The molecule has 12 heavy (non-hydrogen) atoms. The molecule has 0 radical (unpaired) electrons. The minimum absolute atomic E-state index is 0. The van der Waals surface area contributed by atoms with Gasteiger partial charge in [-0.3, -0.25) is 4.55 Å². The standard InChI is InChI=1S/CH4O8S2.Na/c2-1(3,10(4,5)6)11(7,8)9;/h2-3H,(H,4,5,6)(H,7,8,9);/q;+1/p-1. The first-order valence-electron chi connectivity index (χ1n) is 1.87. The van der Waals surface area contributed by atoms with Crippen LogP contribution in [-0.4, -0.2) is 40.6 Å². The Balaban J connectivity index is 0. The van der Waals surface area contributed by atoms with Crippen LogP contribution >= 0.6 is 0 Å². The van der Waals surface area contributed by atoms with E-state index in [0.29, 0.717) is 0 Å². The SMILES string of the molecule is O=S(=O)([O-])C(O)(O)S(=O)(=O)O.[Na+]. The van der Waals surface area contributed by atoms with Crippen LogP contribution in [0.25, 0.3) is 0 Å². The minimum atomic E-state index is -5.94. The molecule has 0 amide bonds. The van der Waals surface area contributed by atoms with Crippen molar-refractivity contribution in [3.63, 3.8) is 0 Å². The Morgan fingerprint density at radius 1 is 1.08 bits per heavy atom. The van der Waals surface area contributed by atoms with Gasteiger partial charge in [-0.1, -0.05) is 0 Å². The second kappa shape index (κ2) is 3.86. The molecule has 0 aliphatic carbocycles. The molecule has 0 aliphatic rings. The fraction of sp³-hybridized carbons (Fsp3) is 1.00. The maximum absolute atomic E-state index is 9.78. The zero-order chi connectivity index (χ0) is 9.50. The normalized spacial score (nSPS) is 13.7. The molecule has 0 atom stereocenters. The van der Waals surface area contributed by atoms with Crippen molar-refractivity contribution in [2.75, 3.05) is 0 Å². The van der Waals surface area contributed by atoms with Crippen LogP contribution in [0.4, 0.5) is 0 Å². The van der Waals surface area contributed by atoms with Crippen molar-refractivity contribution in [3.8, 4) is 0 Å². The van der Waals surface area contributed by atoms with Gasteiger partial charge in [0.25, 0.3) is 0 Å². The van der Waals surface area contributed by atoms with Crippen molar-refractivity contribution in [2.24, 2.45) is 0 Å². The van der Waals surface area contributed by atoms with Crippen molar-refractivity contribution in [3.05, 3.63) is 0 Å². The summed E-state index contributed by atoms with van der Waals surface area (Å²) in [7, 11) is -11.7. The number of hydrogen-bond acceptors (Lipinski definition) is 7. The summed E-state index contributed by atoms with van der Waals surface area (Å²) in [5, 5.41) is 16.0. The molecular weight excluding hydrogens is 227 g/mol. The maximum atomic E-state index is 9.78. The zero-order valence-corrected chi connectivity index (χ0v) is 9.33. The smallest absolute Gasteiger partial charge is 0.743 e. The molecule has 68 valence electrons. The van der Waals surface area contributed by atoms with E-state index in [2.05, 4.69) is 0 Å². The van der Waals surface area contributed by atoms with Gasteiger partial charge in [0.2, 0.25) is 0 Å². The summed E-state index contributed by atoms with van der Waals surface area (Å²) >= 11 is 0. The fourth-order valence-electron chi connectivity index (χ4n) is 0.129. The molecule has 0 aromatic carbocycles. The molecule has 0 aliphatic heterocycles. The van der Waals surface area contributed by atoms with Crippen molar-refractivity contribution < 1.29 is 65.7 Å². The van der Waals surface area contributed by atoms with Gasteiger partial charge in [-0.05, 0) is 0 Å². The van der Waals surface area contributed by atoms with Gasteiger partial charge in [0.15, 0.2) is 10.1 Å². The topological polar surface area (TPSA) is 152 Å². The van der Waals surface area contributed by atoms with Crippen LogP contribution in [0.5, 0.6) is 0 Å². The van der Waals surface area contributed by atoms with Gasteiger partial charge in [0, 0.05) is 0 Å². The van der Waals surface area contributed by atoms with Gasteiger partial charge in [-0.25, -0.2) is 8.42 Å². The van der Waals surface area contributed by atoms with E-state index in [1.54, 1.807) is 0 Å². The monoisotopic (exact) mass is 230 g/mol. The Bertz CT molecular complexity index is 299. The third-order valence-corrected chi connectivity index (χ3v) is 3.23. The molecule has 3 N–H and O–H groups in total. The second-order valence-corrected chi connectivity index (χ2v) is 4.73. The first-order valence-corrected chi connectivity index (χ1v) is 4.72. The maximum Gasteiger partial charge on any atom is 1.00 e. The van der Waals surface area contributed by atoms with Crippen LogP contribution in [0.1, 0.15) is 0 Å². The molecule has 0 saturated carbocycles. The molecule has 8 nitrogen and oxygen atoms in total. The van der Waals surface area contributed by atoms with E-state index in [0.717, 1.165) is 0 Å². The van der Waals surface area contributed by atoms with Crippen molar-refractivity contribution >= 4 is 20.2 Å². The van der Waals surface area contributed by atoms with Gasteiger partial charge in [-0.15, -0.1) is 0 Å². The molecule has 0 saturated heterocycles. The van der Waals surface area contributed by atoms with Gasteiger partial charge < -0.3 is 14.8 Å². The first kappa shape index (κ1) is 15.2. The largest absolute Gasteiger partial charge is 1.00 e. The van der Waals surface area contributed by atoms with Crippen LogP contribution < -0.4 is 29.6 Å². The Labute approximate surface area is 90.0 Å². The molecule has 0 rings (SSSR count). The molecule has 0 spiro atoms. The molecular formula is CH3NaO8S2. The molecule has 11 heteroatoms. The second-order valence-electron chi connectivity index (χ2n) is 1.48. The van der Waals surface area contributed by atoms with Gasteiger partial charge >= 0.3 is 44.1 Å². The van der Waals surface area contributed by atoms with Gasteiger partial charge in [0.1, 0.15) is 0 Å². The predicted octanol–water partition coefficient (Wildman–Crippen LogP) is -5.98. The van der Waals surface area contributed by atoms with Crippen LogP contribution in [0.15, 0.2) is 0 Å². The summed E-state index contributed by atoms with van der Waals surface area (Å²) in [6.45, 7) is 0. The molecule has 0 aromatic rings. The predicted molar refractivity (Wildman–Crippen MR) is 28.4 cm³/mol. The summed E-state index contributed by atoms with van der Waals surface area (Å²) in [5.41, 5.74) is 0. The summed E-state index contributed by atoms with van der Waals surface area (Å²) in [5.74, 6) is 0. The van der Waals surface area contributed by atoms with E-state index < -0.39 is 24.7 Å². The Morgan fingerprint density at radius 2 is 1.33 bits per heavy atom. The summed E-state index contributed by atoms with van der Waals surface area (Å²) in [6, 6.07) is 0. The van der Waals surface area contributed by atoms with Gasteiger partial charge in [-0.2, -0.15) is 8.42 Å². The molecule has 0 unspecified atom stereocenters. The number of rotatable bonds is 2.